The van der Waals surface area contributed by atoms with Crippen LogP contribution in [0, 0.1) is 17.8 Å². The fourth-order valence-electron chi connectivity index (χ4n) is 7.36. The van der Waals surface area contributed by atoms with Gasteiger partial charge in [0.1, 0.15) is 5.82 Å². The summed E-state index contributed by atoms with van der Waals surface area (Å²) in [6.07, 6.45) is 7.50. The van der Waals surface area contributed by atoms with Crippen molar-refractivity contribution in [2.75, 3.05) is 5.32 Å². The van der Waals surface area contributed by atoms with Crippen molar-refractivity contribution in [1.29, 1.82) is 0 Å². The standard InChI is InChI=1S/C31H30N4O2/c36-29(23-4-2-1-3-5-23)32-25-9-6-22(7-10-25)28-33-26-11-8-24(15-27(26)34-28)30(37)35-31-16-19-12-20(17-31)14-21(13-19)18-31/h1-11,15,19-21H,12-14,16-18H2,(H,32,36)(H,33,34)(H,35,37). The highest BCUT2D eigenvalue weighted by atomic mass is 16.2. The van der Waals surface area contributed by atoms with Gasteiger partial charge in [0, 0.05) is 27.9 Å². The first-order chi connectivity index (χ1) is 18.0. The van der Waals surface area contributed by atoms with Crippen molar-refractivity contribution >= 4 is 28.5 Å². The van der Waals surface area contributed by atoms with Gasteiger partial charge in [-0.2, -0.15) is 0 Å². The Morgan fingerprint density at radius 1 is 0.784 bits per heavy atom. The summed E-state index contributed by atoms with van der Waals surface area (Å²) in [5.41, 5.74) is 4.57. The molecule has 4 aliphatic carbocycles. The SMILES string of the molecule is O=C(Nc1ccc(-c2nc3cc(C(=O)NC45CC6CC(CC(C6)C4)C5)ccc3[nH]2)cc1)c1ccccc1. The molecule has 4 aromatic rings. The normalized spacial score (nSPS) is 25.8. The predicted octanol–water partition coefficient (Wildman–Crippen LogP) is 6.18. The van der Waals surface area contributed by atoms with Crippen molar-refractivity contribution in [3.8, 4) is 11.4 Å². The summed E-state index contributed by atoms with van der Waals surface area (Å²) in [7, 11) is 0. The largest absolute Gasteiger partial charge is 0.347 e. The molecule has 1 heterocycles. The maximum atomic E-state index is 13.3. The number of imidazole rings is 1. The number of aromatic amines is 1. The van der Waals surface area contributed by atoms with E-state index >= 15 is 0 Å². The Morgan fingerprint density at radius 2 is 1.46 bits per heavy atom. The van der Waals surface area contributed by atoms with E-state index in [2.05, 4.69) is 15.6 Å². The summed E-state index contributed by atoms with van der Waals surface area (Å²) in [6.45, 7) is 0. The van der Waals surface area contributed by atoms with Crippen molar-refractivity contribution in [2.24, 2.45) is 17.8 Å². The Balaban J connectivity index is 1.07. The van der Waals surface area contributed by atoms with Crippen molar-refractivity contribution < 1.29 is 9.59 Å². The molecule has 4 bridgehead atoms. The van der Waals surface area contributed by atoms with Crippen LogP contribution < -0.4 is 10.6 Å². The number of aromatic nitrogens is 2. The number of carbonyl (C=O) groups excluding carboxylic acids is 2. The summed E-state index contributed by atoms with van der Waals surface area (Å²) < 4.78 is 0. The molecule has 0 saturated heterocycles. The summed E-state index contributed by atoms with van der Waals surface area (Å²) >= 11 is 0. The van der Waals surface area contributed by atoms with E-state index in [1.807, 2.05) is 60.7 Å². The van der Waals surface area contributed by atoms with Crippen LogP contribution in [0.5, 0.6) is 0 Å². The Labute approximate surface area is 215 Å². The second kappa shape index (κ2) is 8.58. The number of nitrogens with zero attached hydrogens (tertiary/aromatic N) is 1. The summed E-state index contributed by atoms with van der Waals surface area (Å²) in [4.78, 5) is 33.8. The maximum Gasteiger partial charge on any atom is 0.255 e. The van der Waals surface area contributed by atoms with Gasteiger partial charge in [0.2, 0.25) is 0 Å². The zero-order valence-electron chi connectivity index (χ0n) is 20.7. The molecule has 0 atom stereocenters. The third kappa shape index (κ3) is 4.20. The molecular weight excluding hydrogens is 460 g/mol. The molecule has 1 aromatic heterocycles. The zero-order valence-corrected chi connectivity index (χ0v) is 20.7. The zero-order chi connectivity index (χ0) is 25.0. The topological polar surface area (TPSA) is 86.9 Å². The fraction of sp³-hybridized carbons (Fsp3) is 0.323. The smallest absolute Gasteiger partial charge is 0.255 e. The van der Waals surface area contributed by atoms with E-state index < -0.39 is 0 Å². The molecule has 6 heteroatoms. The first-order valence-corrected chi connectivity index (χ1v) is 13.3. The van der Waals surface area contributed by atoms with Gasteiger partial charge in [-0.05, 0) is 111 Å². The summed E-state index contributed by atoms with van der Waals surface area (Å²) in [6, 6.07) is 22.5. The van der Waals surface area contributed by atoms with Gasteiger partial charge in [0.05, 0.1) is 11.0 Å². The van der Waals surface area contributed by atoms with Crippen LogP contribution in [0.15, 0.2) is 72.8 Å². The van der Waals surface area contributed by atoms with Crippen LogP contribution in [0.2, 0.25) is 0 Å². The van der Waals surface area contributed by atoms with Gasteiger partial charge in [-0.1, -0.05) is 18.2 Å². The van der Waals surface area contributed by atoms with Crippen LogP contribution in [-0.2, 0) is 0 Å². The minimum atomic E-state index is -0.142. The number of nitrogens with one attached hydrogen (secondary N) is 3. The van der Waals surface area contributed by atoms with Crippen molar-refractivity contribution in [2.45, 2.75) is 44.1 Å². The van der Waals surface area contributed by atoms with E-state index in [1.165, 1.54) is 19.3 Å². The van der Waals surface area contributed by atoms with E-state index in [0.29, 0.717) is 11.1 Å². The van der Waals surface area contributed by atoms with Crippen molar-refractivity contribution in [3.63, 3.8) is 0 Å². The quantitative estimate of drug-likeness (QED) is 0.312. The third-order valence-corrected chi connectivity index (χ3v) is 8.61. The second-order valence-electron chi connectivity index (χ2n) is 11.4. The molecule has 6 nitrogen and oxygen atoms in total. The number of hydrogen-bond acceptors (Lipinski definition) is 3. The Morgan fingerprint density at radius 3 is 2.14 bits per heavy atom. The number of carbonyl (C=O) groups is 2. The number of amides is 2. The summed E-state index contributed by atoms with van der Waals surface area (Å²) in [5.74, 6) is 2.99. The molecule has 0 unspecified atom stereocenters. The molecule has 0 spiro atoms. The number of hydrogen-bond donors (Lipinski definition) is 3. The third-order valence-electron chi connectivity index (χ3n) is 8.61. The molecule has 4 fully saturated rings. The average molecular weight is 491 g/mol. The highest BCUT2D eigenvalue weighted by Gasteiger charge is 2.51. The highest BCUT2D eigenvalue weighted by molar-refractivity contribution is 6.04. The summed E-state index contributed by atoms with van der Waals surface area (Å²) in [5, 5.41) is 6.39. The van der Waals surface area contributed by atoms with Crippen molar-refractivity contribution in [3.05, 3.63) is 83.9 Å². The monoisotopic (exact) mass is 490 g/mol. The van der Waals surface area contributed by atoms with Crippen LogP contribution in [0.1, 0.15) is 59.2 Å². The molecule has 2 amide bonds. The number of anilines is 1. The molecule has 37 heavy (non-hydrogen) atoms. The first kappa shape index (κ1) is 22.3. The minimum Gasteiger partial charge on any atom is -0.347 e. The van der Waals surface area contributed by atoms with Crippen LogP contribution in [0.4, 0.5) is 5.69 Å². The van der Waals surface area contributed by atoms with Gasteiger partial charge in [0.25, 0.3) is 11.8 Å². The van der Waals surface area contributed by atoms with E-state index in [-0.39, 0.29) is 17.4 Å². The Bertz CT molecular complexity index is 1450. The first-order valence-electron chi connectivity index (χ1n) is 13.3. The molecule has 8 rings (SSSR count). The number of H-pyrrole nitrogens is 1. The highest BCUT2D eigenvalue weighted by Crippen LogP contribution is 2.55. The minimum absolute atomic E-state index is 0.00476. The lowest BCUT2D eigenvalue weighted by atomic mass is 9.53. The molecule has 3 aromatic carbocycles. The molecule has 0 aliphatic heterocycles. The lowest BCUT2D eigenvalue weighted by molar-refractivity contribution is -0.0167. The van der Waals surface area contributed by atoms with Gasteiger partial charge < -0.3 is 15.6 Å². The number of benzene rings is 3. The molecule has 3 N–H and O–H groups in total. The van der Waals surface area contributed by atoms with Gasteiger partial charge >= 0.3 is 0 Å². The number of rotatable bonds is 5. The lowest BCUT2D eigenvalue weighted by Crippen LogP contribution is -2.59. The average Bonchev–Trinajstić information content (AvgIpc) is 3.32. The van der Waals surface area contributed by atoms with Crippen LogP contribution in [0.3, 0.4) is 0 Å². The van der Waals surface area contributed by atoms with Gasteiger partial charge in [-0.15, -0.1) is 0 Å². The lowest BCUT2D eigenvalue weighted by Gasteiger charge is -2.56. The predicted molar refractivity (Wildman–Crippen MR) is 144 cm³/mol. The molecule has 0 radical (unpaired) electrons. The molecule has 186 valence electrons. The number of fused-ring (bicyclic) bond motifs is 1. The Hall–Kier alpha value is -3.93. The Kier molecular flexibility index (Phi) is 5.17. The molecule has 4 saturated carbocycles. The van der Waals surface area contributed by atoms with Crippen molar-refractivity contribution in [1.82, 2.24) is 15.3 Å². The van der Waals surface area contributed by atoms with E-state index in [0.717, 1.165) is 65.1 Å². The van der Waals surface area contributed by atoms with E-state index in [9.17, 15) is 9.59 Å². The van der Waals surface area contributed by atoms with Crippen LogP contribution in [-0.4, -0.2) is 27.3 Å². The second-order valence-corrected chi connectivity index (χ2v) is 11.4. The van der Waals surface area contributed by atoms with E-state index in [4.69, 9.17) is 4.98 Å². The van der Waals surface area contributed by atoms with Crippen LogP contribution in [0.25, 0.3) is 22.4 Å². The fourth-order valence-corrected chi connectivity index (χ4v) is 7.36. The maximum absolute atomic E-state index is 13.3. The van der Waals surface area contributed by atoms with Gasteiger partial charge in [-0.25, -0.2) is 4.98 Å². The molecular formula is C31H30N4O2. The van der Waals surface area contributed by atoms with Gasteiger partial charge in [0.15, 0.2) is 0 Å². The van der Waals surface area contributed by atoms with Crippen LogP contribution >= 0.6 is 0 Å². The molecule has 4 aliphatic rings. The van der Waals surface area contributed by atoms with E-state index in [1.54, 1.807) is 12.1 Å². The van der Waals surface area contributed by atoms with Gasteiger partial charge in [-0.3, -0.25) is 9.59 Å².